The van der Waals surface area contributed by atoms with Crippen LogP contribution < -0.4 is 0 Å². The minimum absolute atomic E-state index is 0.284. The molecule has 0 aliphatic carbocycles. The summed E-state index contributed by atoms with van der Waals surface area (Å²) in [7, 11) is 0.699. The monoisotopic (exact) mass is 503 g/mol. The summed E-state index contributed by atoms with van der Waals surface area (Å²) < 4.78 is 15.5. The number of nitrogens with zero attached hydrogens (tertiary/aromatic N) is 3. The molecule has 0 saturated heterocycles. The zero-order valence-corrected chi connectivity index (χ0v) is 19.1. The summed E-state index contributed by atoms with van der Waals surface area (Å²) in [5, 5.41) is 10.3. The first-order valence-electron chi connectivity index (χ1n) is 7.97. The molecule has 0 aliphatic heterocycles. The van der Waals surface area contributed by atoms with Gasteiger partial charge in [0.25, 0.3) is 0 Å². The number of thioether (sulfide) groups is 1. The first kappa shape index (κ1) is 20.9. The molecule has 9 heteroatoms. The maximum Gasteiger partial charge on any atom is 0.191 e. The zero-order chi connectivity index (χ0) is 19.4. The number of hydrogen-bond acceptors (Lipinski definition) is 4. The van der Waals surface area contributed by atoms with Crippen molar-refractivity contribution in [3.63, 3.8) is 0 Å². The summed E-state index contributed by atoms with van der Waals surface area (Å²) in [6, 6.07) is 13.4. The second kappa shape index (κ2) is 9.56. The molecule has 1 heterocycles. The van der Waals surface area contributed by atoms with Crippen LogP contribution in [0.1, 0.15) is 17.0 Å². The van der Waals surface area contributed by atoms with Crippen molar-refractivity contribution >= 4 is 61.7 Å². The van der Waals surface area contributed by atoms with E-state index in [-0.39, 0.29) is 5.75 Å². The highest BCUT2D eigenvalue weighted by atomic mass is 79.9. The van der Waals surface area contributed by atoms with Gasteiger partial charge in [-0.1, -0.05) is 69.1 Å². The van der Waals surface area contributed by atoms with Crippen LogP contribution in [0.3, 0.4) is 0 Å². The third-order valence-electron chi connectivity index (χ3n) is 3.86. The number of halogens is 3. The van der Waals surface area contributed by atoms with Crippen molar-refractivity contribution in [2.75, 3.05) is 0 Å². The molecule has 0 spiro atoms. The van der Waals surface area contributed by atoms with Crippen LogP contribution in [0.15, 0.2) is 52.1 Å². The number of benzene rings is 2. The Morgan fingerprint density at radius 1 is 1.07 bits per heavy atom. The van der Waals surface area contributed by atoms with Gasteiger partial charge in [-0.2, -0.15) is 0 Å². The topological polar surface area (TPSA) is 47.8 Å². The van der Waals surface area contributed by atoms with E-state index in [0.717, 1.165) is 15.4 Å². The van der Waals surface area contributed by atoms with E-state index in [1.54, 1.807) is 30.0 Å². The smallest absolute Gasteiger partial charge is 0.191 e. The highest BCUT2D eigenvalue weighted by molar-refractivity contribution is 9.10. The molecule has 142 valence electrons. The van der Waals surface area contributed by atoms with Gasteiger partial charge in [-0.05, 0) is 29.8 Å². The molecule has 0 saturated carbocycles. The first-order chi connectivity index (χ1) is 12.9. The van der Waals surface area contributed by atoms with Gasteiger partial charge in [0, 0.05) is 43.7 Å². The lowest BCUT2D eigenvalue weighted by molar-refractivity contribution is 0.677. The van der Waals surface area contributed by atoms with Gasteiger partial charge in [-0.3, -0.25) is 4.21 Å². The molecule has 0 N–H and O–H groups in total. The number of aromatic nitrogens is 3. The Morgan fingerprint density at radius 2 is 1.74 bits per heavy atom. The van der Waals surface area contributed by atoms with E-state index in [0.29, 0.717) is 27.2 Å². The quantitative estimate of drug-likeness (QED) is 0.391. The lowest BCUT2D eigenvalue weighted by Gasteiger charge is -2.07. The third-order valence-corrected chi connectivity index (χ3v) is 7.38. The van der Waals surface area contributed by atoms with Crippen LogP contribution in [0.5, 0.6) is 0 Å². The van der Waals surface area contributed by atoms with E-state index < -0.39 is 10.8 Å². The van der Waals surface area contributed by atoms with Crippen molar-refractivity contribution in [1.29, 1.82) is 0 Å². The Bertz CT molecular complexity index is 943. The Morgan fingerprint density at radius 3 is 2.41 bits per heavy atom. The molecule has 1 unspecified atom stereocenters. The molecular formula is C18H16BrCl2N3OS2. The molecule has 1 aromatic heterocycles. The SMILES string of the molecule is Cn1c(CS(=O)Cc2c(Cl)cccc2Cl)nnc1SCc1ccc(Br)cc1. The molecule has 3 rings (SSSR count). The van der Waals surface area contributed by atoms with Gasteiger partial charge in [-0.25, -0.2) is 0 Å². The van der Waals surface area contributed by atoms with Gasteiger partial charge in [0.05, 0.1) is 11.5 Å². The van der Waals surface area contributed by atoms with Crippen molar-refractivity contribution in [1.82, 2.24) is 14.8 Å². The molecule has 4 nitrogen and oxygen atoms in total. The van der Waals surface area contributed by atoms with Crippen LogP contribution in [-0.4, -0.2) is 19.0 Å². The molecule has 2 aromatic carbocycles. The molecule has 27 heavy (non-hydrogen) atoms. The van der Waals surface area contributed by atoms with Crippen LogP contribution in [0.4, 0.5) is 0 Å². The second-order valence-electron chi connectivity index (χ2n) is 5.80. The molecule has 0 bridgehead atoms. The van der Waals surface area contributed by atoms with Crippen LogP contribution >= 0.6 is 50.9 Å². The van der Waals surface area contributed by atoms with Crippen molar-refractivity contribution in [2.45, 2.75) is 22.4 Å². The molecule has 0 radical (unpaired) electrons. The van der Waals surface area contributed by atoms with Crippen molar-refractivity contribution in [3.05, 3.63) is 73.9 Å². The minimum Gasteiger partial charge on any atom is -0.308 e. The van der Waals surface area contributed by atoms with Crippen molar-refractivity contribution < 1.29 is 4.21 Å². The minimum atomic E-state index is -1.19. The molecule has 0 amide bonds. The van der Waals surface area contributed by atoms with Crippen LogP contribution in [0.2, 0.25) is 10.0 Å². The van der Waals surface area contributed by atoms with Gasteiger partial charge in [0.1, 0.15) is 5.82 Å². The van der Waals surface area contributed by atoms with Gasteiger partial charge < -0.3 is 4.57 Å². The average Bonchev–Trinajstić information content (AvgIpc) is 2.98. The number of rotatable bonds is 7. The summed E-state index contributed by atoms with van der Waals surface area (Å²) in [5.74, 6) is 2.05. The van der Waals surface area contributed by atoms with E-state index >= 15 is 0 Å². The summed E-state index contributed by atoms with van der Waals surface area (Å²) in [4.78, 5) is 0. The fourth-order valence-electron chi connectivity index (χ4n) is 2.35. The van der Waals surface area contributed by atoms with Crippen molar-refractivity contribution in [3.8, 4) is 0 Å². The van der Waals surface area contributed by atoms with E-state index in [1.165, 1.54) is 5.56 Å². The molecule has 3 aromatic rings. The molecule has 0 fully saturated rings. The van der Waals surface area contributed by atoms with Crippen LogP contribution in [0, 0.1) is 0 Å². The maximum atomic E-state index is 12.6. The predicted octanol–water partition coefficient (Wildman–Crippen LogP) is 5.63. The normalized spacial score (nSPS) is 12.3. The first-order valence-corrected chi connectivity index (χ1v) is 12.0. The van der Waals surface area contributed by atoms with E-state index in [2.05, 4.69) is 38.3 Å². The third kappa shape index (κ3) is 5.57. The summed E-state index contributed by atoms with van der Waals surface area (Å²) in [6.07, 6.45) is 0. The van der Waals surface area contributed by atoms with E-state index in [4.69, 9.17) is 23.2 Å². The Balaban J connectivity index is 1.63. The summed E-state index contributed by atoms with van der Waals surface area (Å²) >= 11 is 17.4. The molecule has 1 atom stereocenters. The van der Waals surface area contributed by atoms with E-state index in [9.17, 15) is 4.21 Å². The summed E-state index contributed by atoms with van der Waals surface area (Å²) in [6.45, 7) is 0. The highest BCUT2D eigenvalue weighted by Gasteiger charge is 2.15. The van der Waals surface area contributed by atoms with Crippen molar-refractivity contribution in [2.24, 2.45) is 7.05 Å². The predicted molar refractivity (Wildman–Crippen MR) is 117 cm³/mol. The average molecular weight is 505 g/mol. The molecular weight excluding hydrogens is 489 g/mol. The summed E-state index contributed by atoms with van der Waals surface area (Å²) in [5.41, 5.74) is 1.90. The maximum absolute atomic E-state index is 12.6. The Hall–Kier alpha value is -0.860. The Labute approximate surface area is 183 Å². The Kier molecular flexibility index (Phi) is 7.39. The fourth-order valence-corrected chi connectivity index (χ4v) is 5.47. The van der Waals surface area contributed by atoms with Gasteiger partial charge in [0.2, 0.25) is 0 Å². The van der Waals surface area contributed by atoms with Gasteiger partial charge in [-0.15, -0.1) is 10.2 Å². The standard InChI is InChI=1S/C18H16BrCl2N3OS2/c1-24-17(11-27(25)10-14-15(20)3-2-4-16(14)21)22-23-18(24)26-9-12-5-7-13(19)8-6-12/h2-8H,9-11H2,1H3. The highest BCUT2D eigenvalue weighted by Crippen LogP contribution is 2.27. The van der Waals surface area contributed by atoms with Crippen LogP contribution in [-0.2, 0) is 35.1 Å². The lowest BCUT2D eigenvalue weighted by atomic mass is 10.2. The van der Waals surface area contributed by atoms with E-state index in [1.807, 2.05) is 23.7 Å². The molecule has 0 aliphatic rings. The lowest BCUT2D eigenvalue weighted by Crippen LogP contribution is -2.06. The largest absolute Gasteiger partial charge is 0.308 e. The van der Waals surface area contributed by atoms with Gasteiger partial charge >= 0.3 is 0 Å². The second-order valence-corrected chi connectivity index (χ2v) is 9.93. The number of hydrogen-bond donors (Lipinski definition) is 0. The van der Waals surface area contributed by atoms with Crippen LogP contribution in [0.25, 0.3) is 0 Å². The fraction of sp³-hybridized carbons (Fsp3) is 0.222. The van der Waals surface area contributed by atoms with Gasteiger partial charge in [0.15, 0.2) is 5.16 Å². The zero-order valence-electron chi connectivity index (χ0n) is 14.4.